The number of nitrogens with zero attached hydrogens (tertiary/aromatic N) is 1. The van der Waals surface area contributed by atoms with Crippen molar-refractivity contribution >= 4 is 60.6 Å². The van der Waals surface area contributed by atoms with Gasteiger partial charge < -0.3 is 0 Å². The van der Waals surface area contributed by atoms with Crippen LogP contribution in [0.1, 0.15) is 50.4 Å². The molecule has 0 atom stereocenters. The van der Waals surface area contributed by atoms with Crippen molar-refractivity contribution in [1.29, 1.82) is 0 Å². The quantitative estimate of drug-likeness (QED) is 0.307. The maximum Gasteiger partial charge on any atom is 0.197 e. The number of hydrogen-bond donors (Lipinski definition) is 0. The number of aromatic nitrogens is 1. The number of fused-ring (bicyclic) bond motifs is 3. The van der Waals surface area contributed by atoms with E-state index in [1.54, 1.807) is 17.4 Å². The zero-order valence-electron chi connectivity index (χ0n) is 14.8. The van der Waals surface area contributed by atoms with E-state index in [-0.39, 0.29) is 17.1 Å². The highest BCUT2D eigenvalue weighted by Crippen LogP contribution is 2.36. The van der Waals surface area contributed by atoms with E-state index in [1.165, 1.54) is 16.2 Å². The summed E-state index contributed by atoms with van der Waals surface area (Å²) < 4.78 is 1.11. The van der Waals surface area contributed by atoms with Crippen LogP contribution in [0, 0.1) is 0 Å². The highest BCUT2D eigenvalue weighted by atomic mass is 32.1. The molecule has 1 aliphatic rings. The predicted molar refractivity (Wildman–Crippen MR) is 112 cm³/mol. The fraction of sp³-hybridized carbons (Fsp3) is 0.136. The molecule has 5 rings (SSSR count). The second-order valence-electron chi connectivity index (χ2n) is 6.99. The molecule has 27 heavy (non-hydrogen) atoms. The van der Waals surface area contributed by atoms with Crippen molar-refractivity contribution in [3.63, 3.8) is 0 Å². The minimum absolute atomic E-state index is 0.206. The number of carbonyl (C=O) groups is 2. The topological polar surface area (TPSA) is 47.0 Å². The van der Waals surface area contributed by atoms with Gasteiger partial charge in [-0.05, 0) is 41.0 Å². The van der Waals surface area contributed by atoms with Crippen LogP contribution in [0.15, 0.2) is 48.0 Å². The van der Waals surface area contributed by atoms with Crippen LogP contribution in [0.4, 0.5) is 0 Å². The highest BCUT2D eigenvalue weighted by Gasteiger charge is 2.33. The van der Waals surface area contributed by atoms with E-state index in [2.05, 4.69) is 24.9 Å². The SMILES string of the molecule is CC(C)c1cc2sc(C=C3C(=O)c4cc5ccccc5cc4C3=O)nc2s1. The molecular formula is C22H15NO2S2. The smallest absolute Gasteiger partial charge is 0.197 e. The summed E-state index contributed by atoms with van der Waals surface area (Å²) in [6, 6.07) is 13.6. The van der Waals surface area contributed by atoms with Gasteiger partial charge in [0.25, 0.3) is 0 Å². The number of rotatable bonds is 2. The highest BCUT2D eigenvalue weighted by molar-refractivity contribution is 7.27. The lowest BCUT2D eigenvalue weighted by Crippen LogP contribution is -1.99. The third-order valence-electron chi connectivity index (χ3n) is 4.83. The molecule has 0 radical (unpaired) electrons. The van der Waals surface area contributed by atoms with Gasteiger partial charge in [-0.1, -0.05) is 38.1 Å². The van der Waals surface area contributed by atoms with Gasteiger partial charge in [-0.25, -0.2) is 4.98 Å². The lowest BCUT2D eigenvalue weighted by Gasteiger charge is -2.00. The van der Waals surface area contributed by atoms with E-state index in [9.17, 15) is 9.59 Å². The van der Waals surface area contributed by atoms with Crippen LogP contribution >= 0.6 is 22.7 Å². The van der Waals surface area contributed by atoms with E-state index in [0.717, 1.165) is 20.3 Å². The molecule has 0 fully saturated rings. The maximum atomic E-state index is 12.8. The molecule has 4 aromatic rings. The van der Waals surface area contributed by atoms with Crippen molar-refractivity contribution in [3.05, 3.63) is 69.0 Å². The summed E-state index contributed by atoms with van der Waals surface area (Å²) in [6.45, 7) is 4.32. The first kappa shape index (κ1) is 16.5. The van der Waals surface area contributed by atoms with Crippen LogP contribution in [-0.2, 0) is 0 Å². The van der Waals surface area contributed by atoms with Crippen LogP contribution < -0.4 is 0 Å². The molecule has 1 aliphatic carbocycles. The van der Waals surface area contributed by atoms with Crippen LogP contribution in [0.5, 0.6) is 0 Å². The molecule has 0 unspecified atom stereocenters. The Morgan fingerprint density at radius 3 is 2.11 bits per heavy atom. The van der Waals surface area contributed by atoms with Gasteiger partial charge in [0.2, 0.25) is 0 Å². The summed E-state index contributed by atoms with van der Waals surface area (Å²) in [5.41, 5.74) is 1.20. The fourth-order valence-corrected chi connectivity index (χ4v) is 5.56. The van der Waals surface area contributed by atoms with Crippen LogP contribution in [-0.4, -0.2) is 16.6 Å². The van der Waals surface area contributed by atoms with E-state index < -0.39 is 0 Å². The first-order valence-electron chi connectivity index (χ1n) is 8.75. The molecule has 0 saturated heterocycles. The third kappa shape index (κ3) is 2.58. The maximum absolute atomic E-state index is 12.8. The minimum Gasteiger partial charge on any atom is -0.288 e. The summed E-state index contributed by atoms with van der Waals surface area (Å²) in [7, 11) is 0. The van der Waals surface area contributed by atoms with Gasteiger partial charge in [0.15, 0.2) is 11.6 Å². The summed E-state index contributed by atoms with van der Waals surface area (Å²) in [5, 5.41) is 2.64. The van der Waals surface area contributed by atoms with Gasteiger partial charge in [-0.2, -0.15) is 0 Å². The summed E-state index contributed by atoms with van der Waals surface area (Å²) in [6.07, 6.45) is 1.65. The lowest BCUT2D eigenvalue weighted by molar-refractivity contribution is 0.0990. The third-order valence-corrected chi connectivity index (χ3v) is 7.23. The molecule has 3 nitrogen and oxygen atoms in total. The zero-order valence-corrected chi connectivity index (χ0v) is 16.4. The molecule has 0 aliphatic heterocycles. The summed E-state index contributed by atoms with van der Waals surface area (Å²) in [5.74, 6) is 0.0594. The normalized spacial score (nSPS) is 14.0. The van der Waals surface area contributed by atoms with Gasteiger partial charge in [0.05, 0.1) is 10.3 Å². The number of carbonyl (C=O) groups excluding carboxylic acids is 2. The van der Waals surface area contributed by atoms with Crippen molar-refractivity contribution in [2.24, 2.45) is 0 Å². The number of allylic oxidation sites excluding steroid dienone is 1. The Kier molecular flexibility index (Phi) is 3.64. The Morgan fingerprint density at radius 1 is 0.926 bits per heavy atom. The van der Waals surface area contributed by atoms with Gasteiger partial charge in [-0.15, -0.1) is 22.7 Å². The van der Waals surface area contributed by atoms with Crippen molar-refractivity contribution in [2.45, 2.75) is 19.8 Å². The van der Waals surface area contributed by atoms with E-state index in [1.807, 2.05) is 36.4 Å². The first-order valence-corrected chi connectivity index (χ1v) is 10.4. The molecule has 0 saturated carbocycles. The minimum atomic E-state index is -0.206. The van der Waals surface area contributed by atoms with Gasteiger partial charge >= 0.3 is 0 Å². The van der Waals surface area contributed by atoms with Crippen LogP contribution in [0.2, 0.25) is 0 Å². The van der Waals surface area contributed by atoms with Crippen molar-refractivity contribution in [2.75, 3.05) is 0 Å². The number of benzene rings is 2. The average Bonchev–Trinajstić information content (AvgIpc) is 3.28. The Balaban J connectivity index is 1.58. The Labute approximate surface area is 164 Å². The first-order chi connectivity index (χ1) is 13.0. The molecule has 2 aromatic heterocycles. The Hall–Kier alpha value is -2.63. The Bertz CT molecular complexity index is 1200. The molecule has 2 heterocycles. The molecule has 0 bridgehead atoms. The van der Waals surface area contributed by atoms with Gasteiger partial charge in [0, 0.05) is 16.0 Å². The average molecular weight is 390 g/mol. The van der Waals surface area contributed by atoms with Gasteiger partial charge in [0.1, 0.15) is 9.84 Å². The zero-order chi connectivity index (χ0) is 18.7. The van der Waals surface area contributed by atoms with Crippen molar-refractivity contribution in [3.8, 4) is 0 Å². The number of thiophene rings is 1. The standard InChI is InChI=1S/C22H15NO2S2/c1-11(2)17-10-18-22(27-17)23-19(26-18)9-16-20(24)14-7-12-5-3-4-6-13(12)8-15(14)21(16)25/h3-11H,1-2H3. The lowest BCUT2D eigenvalue weighted by atomic mass is 10.0. The monoisotopic (exact) mass is 389 g/mol. The van der Waals surface area contributed by atoms with Crippen LogP contribution in [0.25, 0.3) is 26.4 Å². The molecule has 132 valence electrons. The molecule has 5 heteroatoms. The largest absolute Gasteiger partial charge is 0.288 e. The van der Waals surface area contributed by atoms with Crippen molar-refractivity contribution < 1.29 is 9.59 Å². The summed E-state index contributed by atoms with van der Waals surface area (Å²) >= 11 is 3.20. The summed E-state index contributed by atoms with van der Waals surface area (Å²) in [4.78, 5) is 32.6. The van der Waals surface area contributed by atoms with Crippen molar-refractivity contribution in [1.82, 2.24) is 4.98 Å². The molecule has 0 N–H and O–H groups in total. The Morgan fingerprint density at radius 2 is 1.56 bits per heavy atom. The number of thiazole rings is 1. The number of ketones is 2. The second kappa shape index (κ2) is 5.94. The number of Topliss-reactive ketones (excluding diaryl/α,β-unsaturated/α-hetero) is 2. The predicted octanol–water partition coefficient (Wildman–Crippen LogP) is 6.10. The van der Waals surface area contributed by atoms with E-state index >= 15 is 0 Å². The molecule has 2 aromatic carbocycles. The van der Waals surface area contributed by atoms with Crippen LogP contribution in [0.3, 0.4) is 0 Å². The van der Waals surface area contributed by atoms with E-state index in [0.29, 0.717) is 22.1 Å². The molecular weight excluding hydrogens is 374 g/mol. The van der Waals surface area contributed by atoms with Gasteiger partial charge in [-0.3, -0.25) is 9.59 Å². The second-order valence-corrected chi connectivity index (χ2v) is 9.11. The number of hydrogen-bond acceptors (Lipinski definition) is 5. The molecule has 0 spiro atoms. The molecule has 0 amide bonds. The van der Waals surface area contributed by atoms with E-state index in [4.69, 9.17) is 0 Å². The fourth-order valence-electron chi connectivity index (χ4n) is 3.38.